The maximum Gasteiger partial charge on any atom is 0.0955 e. The fourth-order valence-corrected chi connectivity index (χ4v) is 1.73. The lowest BCUT2D eigenvalue weighted by Crippen LogP contribution is -2.06. The summed E-state index contributed by atoms with van der Waals surface area (Å²) in [5, 5.41) is 3.49. The fourth-order valence-electron chi connectivity index (χ4n) is 1.73. The molecule has 1 atom stereocenters. The van der Waals surface area contributed by atoms with Gasteiger partial charge in [0.15, 0.2) is 0 Å². The Morgan fingerprint density at radius 3 is 2.69 bits per heavy atom. The van der Waals surface area contributed by atoms with Crippen molar-refractivity contribution >= 4 is 5.69 Å². The highest BCUT2D eigenvalue weighted by molar-refractivity contribution is 5.53. The summed E-state index contributed by atoms with van der Waals surface area (Å²) in [4.78, 5) is 0. The molecule has 1 N–H and O–H groups in total. The van der Waals surface area contributed by atoms with Crippen LogP contribution in [0.1, 0.15) is 29.7 Å². The molecular formula is C14H17NO. The van der Waals surface area contributed by atoms with E-state index < -0.39 is 0 Å². The number of nitrogens with one attached hydrogen (secondary N) is 1. The first-order valence-electron chi connectivity index (χ1n) is 5.52. The van der Waals surface area contributed by atoms with Crippen LogP contribution in [0.3, 0.4) is 0 Å². The van der Waals surface area contributed by atoms with Crippen LogP contribution in [-0.2, 0) is 0 Å². The maximum atomic E-state index is 5.09. The molecule has 0 aliphatic heterocycles. The molecule has 0 amide bonds. The average molecular weight is 215 g/mol. The van der Waals surface area contributed by atoms with Gasteiger partial charge in [-0.2, -0.15) is 0 Å². The zero-order valence-electron chi connectivity index (χ0n) is 9.95. The summed E-state index contributed by atoms with van der Waals surface area (Å²) in [6.45, 7) is 6.35. The maximum absolute atomic E-state index is 5.09. The van der Waals surface area contributed by atoms with Crippen molar-refractivity contribution in [2.75, 3.05) is 5.32 Å². The monoisotopic (exact) mass is 215 g/mol. The Morgan fingerprint density at radius 2 is 2.00 bits per heavy atom. The van der Waals surface area contributed by atoms with Crippen LogP contribution in [0, 0.1) is 13.8 Å². The molecular weight excluding hydrogens is 198 g/mol. The number of hydrogen-bond acceptors (Lipinski definition) is 2. The molecule has 1 heterocycles. The van der Waals surface area contributed by atoms with Crippen molar-refractivity contribution in [3.8, 4) is 0 Å². The summed E-state index contributed by atoms with van der Waals surface area (Å²) in [5.41, 5.74) is 4.89. The average Bonchev–Trinajstić information content (AvgIpc) is 2.76. The van der Waals surface area contributed by atoms with Crippen LogP contribution in [0.4, 0.5) is 5.69 Å². The second-order valence-corrected chi connectivity index (χ2v) is 4.24. The number of rotatable bonds is 3. The van der Waals surface area contributed by atoms with Gasteiger partial charge in [-0.3, -0.25) is 0 Å². The largest absolute Gasteiger partial charge is 0.472 e. The van der Waals surface area contributed by atoms with Gasteiger partial charge in [-0.15, -0.1) is 0 Å². The summed E-state index contributed by atoms with van der Waals surface area (Å²) < 4.78 is 5.09. The predicted molar refractivity (Wildman–Crippen MR) is 66.7 cm³/mol. The zero-order chi connectivity index (χ0) is 11.5. The van der Waals surface area contributed by atoms with Crippen LogP contribution < -0.4 is 5.32 Å². The molecule has 0 aliphatic carbocycles. The van der Waals surface area contributed by atoms with Crippen LogP contribution in [-0.4, -0.2) is 0 Å². The van der Waals surface area contributed by atoms with Crippen LogP contribution >= 0.6 is 0 Å². The zero-order valence-corrected chi connectivity index (χ0v) is 9.95. The minimum absolute atomic E-state index is 0.263. The highest BCUT2D eigenvalue weighted by Crippen LogP contribution is 2.23. The third kappa shape index (κ3) is 2.27. The quantitative estimate of drug-likeness (QED) is 0.834. The van der Waals surface area contributed by atoms with Crippen molar-refractivity contribution in [3.05, 3.63) is 53.5 Å². The minimum atomic E-state index is 0.263. The van der Waals surface area contributed by atoms with E-state index in [-0.39, 0.29) is 6.04 Å². The topological polar surface area (TPSA) is 25.2 Å². The molecule has 84 valence electrons. The Balaban J connectivity index is 2.17. The molecule has 0 spiro atoms. The number of hydrogen-bond donors (Lipinski definition) is 1. The Kier molecular flexibility index (Phi) is 3.00. The molecule has 0 fully saturated rings. The molecule has 0 radical (unpaired) electrons. The van der Waals surface area contributed by atoms with Gasteiger partial charge >= 0.3 is 0 Å². The third-order valence-corrected chi connectivity index (χ3v) is 2.81. The highest BCUT2D eigenvalue weighted by Gasteiger charge is 2.07. The van der Waals surface area contributed by atoms with Gasteiger partial charge in [-0.25, -0.2) is 0 Å². The molecule has 2 rings (SSSR count). The summed E-state index contributed by atoms with van der Waals surface area (Å²) in [6, 6.07) is 8.69. The van der Waals surface area contributed by atoms with Gasteiger partial charge in [0.2, 0.25) is 0 Å². The molecule has 1 unspecified atom stereocenters. The minimum Gasteiger partial charge on any atom is -0.472 e. The van der Waals surface area contributed by atoms with E-state index in [1.807, 2.05) is 6.07 Å². The van der Waals surface area contributed by atoms with E-state index in [1.165, 1.54) is 22.4 Å². The van der Waals surface area contributed by atoms with E-state index in [0.717, 1.165) is 0 Å². The molecule has 2 heteroatoms. The highest BCUT2D eigenvalue weighted by atomic mass is 16.3. The molecule has 1 aromatic heterocycles. The standard InChI is InChI=1S/C14H17NO/c1-10-4-5-11(2)14(8-10)15-12(3)13-6-7-16-9-13/h4-9,12,15H,1-3H3. The van der Waals surface area contributed by atoms with Crippen molar-refractivity contribution in [1.82, 2.24) is 0 Å². The number of aryl methyl sites for hydroxylation is 2. The fraction of sp³-hybridized carbons (Fsp3) is 0.286. The second kappa shape index (κ2) is 4.44. The Morgan fingerprint density at radius 1 is 1.19 bits per heavy atom. The summed E-state index contributed by atoms with van der Waals surface area (Å²) in [6.07, 6.45) is 3.49. The lowest BCUT2D eigenvalue weighted by Gasteiger charge is -2.16. The van der Waals surface area contributed by atoms with Gasteiger partial charge in [0, 0.05) is 11.3 Å². The predicted octanol–water partition coefficient (Wildman–Crippen LogP) is 4.07. The summed E-state index contributed by atoms with van der Waals surface area (Å²) in [5.74, 6) is 0. The molecule has 0 saturated heterocycles. The first kappa shape index (κ1) is 10.8. The number of benzene rings is 1. The Hall–Kier alpha value is -1.70. The van der Waals surface area contributed by atoms with E-state index >= 15 is 0 Å². The SMILES string of the molecule is Cc1ccc(C)c(NC(C)c2ccoc2)c1. The second-order valence-electron chi connectivity index (χ2n) is 4.24. The normalized spacial score (nSPS) is 12.4. The van der Waals surface area contributed by atoms with E-state index in [9.17, 15) is 0 Å². The van der Waals surface area contributed by atoms with E-state index in [0.29, 0.717) is 0 Å². The number of anilines is 1. The van der Waals surface area contributed by atoms with Gasteiger partial charge in [0.1, 0.15) is 0 Å². The lowest BCUT2D eigenvalue weighted by atomic mass is 10.1. The van der Waals surface area contributed by atoms with Crippen LogP contribution in [0.2, 0.25) is 0 Å². The molecule has 2 aromatic rings. The molecule has 0 saturated carbocycles. The number of furan rings is 1. The van der Waals surface area contributed by atoms with Crippen molar-refractivity contribution in [1.29, 1.82) is 0 Å². The molecule has 0 bridgehead atoms. The van der Waals surface area contributed by atoms with E-state index in [4.69, 9.17) is 4.42 Å². The van der Waals surface area contributed by atoms with Crippen molar-refractivity contribution in [2.45, 2.75) is 26.8 Å². The summed E-state index contributed by atoms with van der Waals surface area (Å²) >= 11 is 0. The molecule has 1 aromatic carbocycles. The van der Waals surface area contributed by atoms with Crippen molar-refractivity contribution in [3.63, 3.8) is 0 Å². The van der Waals surface area contributed by atoms with Crippen molar-refractivity contribution < 1.29 is 4.42 Å². The van der Waals surface area contributed by atoms with Gasteiger partial charge in [0.25, 0.3) is 0 Å². The van der Waals surface area contributed by atoms with E-state index in [1.54, 1.807) is 12.5 Å². The molecule has 2 nitrogen and oxygen atoms in total. The van der Waals surface area contributed by atoms with Gasteiger partial charge in [0.05, 0.1) is 18.6 Å². The lowest BCUT2D eigenvalue weighted by molar-refractivity contribution is 0.562. The van der Waals surface area contributed by atoms with Gasteiger partial charge in [-0.05, 0) is 44.0 Å². The van der Waals surface area contributed by atoms with Crippen LogP contribution in [0.25, 0.3) is 0 Å². The van der Waals surface area contributed by atoms with Gasteiger partial charge < -0.3 is 9.73 Å². The molecule has 0 aliphatic rings. The van der Waals surface area contributed by atoms with Crippen molar-refractivity contribution in [2.24, 2.45) is 0 Å². The third-order valence-electron chi connectivity index (χ3n) is 2.81. The first-order chi connectivity index (χ1) is 7.66. The van der Waals surface area contributed by atoms with Crippen LogP contribution in [0.15, 0.2) is 41.2 Å². The summed E-state index contributed by atoms with van der Waals surface area (Å²) in [7, 11) is 0. The first-order valence-corrected chi connectivity index (χ1v) is 5.52. The molecule has 16 heavy (non-hydrogen) atoms. The Labute approximate surface area is 96.3 Å². The Bertz CT molecular complexity index is 460. The smallest absolute Gasteiger partial charge is 0.0955 e. The van der Waals surface area contributed by atoms with E-state index in [2.05, 4.69) is 44.3 Å². The van der Waals surface area contributed by atoms with Gasteiger partial charge in [-0.1, -0.05) is 12.1 Å². The van der Waals surface area contributed by atoms with Crippen LogP contribution in [0.5, 0.6) is 0 Å².